The zero-order chi connectivity index (χ0) is 18.1. The van der Waals surface area contributed by atoms with Crippen LogP contribution < -0.4 is 5.32 Å². The van der Waals surface area contributed by atoms with Crippen molar-refractivity contribution in [3.05, 3.63) is 75.5 Å². The molecule has 0 bridgehead atoms. The van der Waals surface area contributed by atoms with Gasteiger partial charge < -0.3 is 10.3 Å². The first kappa shape index (κ1) is 16.8. The number of pyridine rings is 1. The summed E-state index contributed by atoms with van der Waals surface area (Å²) in [6.07, 6.45) is 3.34. The fraction of sp³-hybridized carbons (Fsp3) is 0.105. The van der Waals surface area contributed by atoms with Crippen molar-refractivity contribution >= 4 is 44.9 Å². The number of carbonyl (C=O) groups excluding carboxylic acids is 1. The van der Waals surface area contributed by atoms with E-state index in [2.05, 4.69) is 51.5 Å². The van der Waals surface area contributed by atoms with Crippen molar-refractivity contribution in [1.29, 1.82) is 0 Å². The van der Waals surface area contributed by atoms with E-state index in [1.807, 2.05) is 6.07 Å². The molecule has 7 heteroatoms. The number of nitrogens with one attached hydrogen (secondary N) is 2. The molecule has 0 atom stereocenters. The summed E-state index contributed by atoms with van der Waals surface area (Å²) in [4.78, 5) is 24.8. The Kier molecular flexibility index (Phi) is 4.44. The third-order valence-corrected chi connectivity index (χ3v) is 5.45. The Balaban J connectivity index is 1.56. The van der Waals surface area contributed by atoms with Crippen LogP contribution in [0.25, 0.3) is 11.0 Å². The molecular weight excluding hydrogens is 368 g/mol. The standard InChI is InChI=1S/C19H15ClN4OS/c1-11-4-6-12(7-5-11)9-23-19-24-17(20)16(26-19)15(25)14-10-22-18-13(14)3-2-8-21-18/h2-8,10H,9H2,1H3,(H,21,22)(H,23,24). The molecule has 26 heavy (non-hydrogen) atoms. The van der Waals surface area contributed by atoms with E-state index < -0.39 is 0 Å². The minimum Gasteiger partial charge on any atom is -0.357 e. The summed E-state index contributed by atoms with van der Waals surface area (Å²) in [5, 5.41) is 4.84. The smallest absolute Gasteiger partial charge is 0.208 e. The van der Waals surface area contributed by atoms with Crippen molar-refractivity contribution in [2.75, 3.05) is 5.32 Å². The lowest BCUT2D eigenvalue weighted by Gasteiger charge is -2.02. The van der Waals surface area contributed by atoms with Crippen LogP contribution in [-0.2, 0) is 6.54 Å². The van der Waals surface area contributed by atoms with Gasteiger partial charge in [-0.1, -0.05) is 52.8 Å². The van der Waals surface area contributed by atoms with Crippen LogP contribution in [0.15, 0.2) is 48.8 Å². The number of fused-ring (bicyclic) bond motifs is 1. The fourth-order valence-corrected chi connectivity index (χ4v) is 3.81. The van der Waals surface area contributed by atoms with E-state index in [0.717, 1.165) is 10.9 Å². The Morgan fingerprint density at radius 1 is 1.27 bits per heavy atom. The van der Waals surface area contributed by atoms with Crippen LogP contribution in [0.3, 0.4) is 0 Å². The Morgan fingerprint density at radius 2 is 2.08 bits per heavy atom. The predicted molar refractivity (Wildman–Crippen MR) is 105 cm³/mol. The molecule has 0 saturated heterocycles. The zero-order valence-electron chi connectivity index (χ0n) is 13.9. The lowest BCUT2D eigenvalue weighted by molar-refractivity contribution is 0.104. The van der Waals surface area contributed by atoms with Gasteiger partial charge in [0.2, 0.25) is 5.78 Å². The highest BCUT2D eigenvalue weighted by Gasteiger charge is 2.21. The highest BCUT2D eigenvalue weighted by molar-refractivity contribution is 7.18. The van der Waals surface area contributed by atoms with Crippen molar-refractivity contribution in [3.63, 3.8) is 0 Å². The monoisotopic (exact) mass is 382 g/mol. The van der Waals surface area contributed by atoms with Gasteiger partial charge in [0.05, 0.1) is 5.56 Å². The Bertz CT molecular complexity index is 1080. The SMILES string of the molecule is Cc1ccc(CNc2nc(Cl)c(C(=O)c3c[nH]c4ncccc34)s2)cc1. The molecule has 1 aromatic carbocycles. The van der Waals surface area contributed by atoms with Crippen molar-refractivity contribution in [2.24, 2.45) is 0 Å². The molecule has 4 aromatic rings. The van der Waals surface area contributed by atoms with Gasteiger partial charge in [-0.25, -0.2) is 9.97 Å². The molecule has 0 radical (unpaired) electrons. The molecular formula is C19H15ClN4OS. The second kappa shape index (κ2) is 6.90. The van der Waals surface area contributed by atoms with Gasteiger partial charge in [0.15, 0.2) is 10.3 Å². The van der Waals surface area contributed by atoms with Gasteiger partial charge >= 0.3 is 0 Å². The number of halogens is 1. The second-order valence-electron chi connectivity index (χ2n) is 5.91. The van der Waals surface area contributed by atoms with Gasteiger partial charge in [-0.05, 0) is 24.6 Å². The molecule has 3 heterocycles. The Morgan fingerprint density at radius 3 is 2.88 bits per heavy atom. The molecule has 0 fully saturated rings. The summed E-state index contributed by atoms with van der Waals surface area (Å²) < 4.78 is 0. The quantitative estimate of drug-likeness (QED) is 0.485. The number of benzene rings is 1. The van der Waals surface area contributed by atoms with Gasteiger partial charge in [0, 0.05) is 24.3 Å². The molecule has 0 aliphatic heterocycles. The number of aromatic amines is 1. The molecule has 0 unspecified atom stereocenters. The number of hydrogen-bond donors (Lipinski definition) is 2. The highest BCUT2D eigenvalue weighted by Crippen LogP contribution is 2.31. The van der Waals surface area contributed by atoms with E-state index in [4.69, 9.17) is 11.6 Å². The number of carbonyl (C=O) groups is 1. The number of hydrogen-bond acceptors (Lipinski definition) is 5. The predicted octanol–water partition coefficient (Wildman–Crippen LogP) is 4.82. The Hall–Kier alpha value is -2.70. The van der Waals surface area contributed by atoms with E-state index >= 15 is 0 Å². The zero-order valence-corrected chi connectivity index (χ0v) is 15.5. The molecule has 0 saturated carbocycles. The van der Waals surface area contributed by atoms with Crippen LogP contribution in [0, 0.1) is 6.92 Å². The van der Waals surface area contributed by atoms with E-state index in [9.17, 15) is 4.79 Å². The lowest BCUT2D eigenvalue weighted by Crippen LogP contribution is -1.98. The molecule has 3 aromatic heterocycles. The number of anilines is 1. The largest absolute Gasteiger partial charge is 0.357 e. The molecule has 2 N–H and O–H groups in total. The summed E-state index contributed by atoms with van der Waals surface area (Å²) >= 11 is 7.48. The van der Waals surface area contributed by atoms with E-state index in [0.29, 0.717) is 27.8 Å². The van der Waals surface area contributed by atoms with Crippen LogP contribution in [0.1, 0.15) is 26.4 Å². The summed E-state index contributed by atoms with van der Waals surface area (Å²) in [7, 11) is 0. The summed E-state index contributed by atoms with van der Waals surface area (Å²) in [6, 6.07) is 11.9. The minimum atomic E-state index is -0.157. The molecule has 0 spiro atoms. The molecule has 130 valence electrons. The molecule has 4 rings (SSSR count). The number of nitrogens with zero attached hydrogens (tertiary/aromatic N) is 2. The van der Waals surface area contributed by atoms with E-state index in [1.54, 1.807) is 18.5 Å². The number of rotatable bonds is 5. The van der Waals surface area contributed by atoms with Gasteiger partial charge in [-0.3, -0.25) is 4.79 Å². The van der Waals surface area contributed by atoms with Gasteiger partial charge in [0.1, 0.15) is 10.5 Å². The topological polar surface area (TPSA) is 70.7 Å². The van der Waals surface area contributed by atoms with Crippen molar-refractivity contribution < 1.29 is 4.79 Å². The third-order valence-electron chi connectivity index (χ3n) is 4.05. The summed E-state index contributed by atoms with van der Waals surface area (Å²) in [5.41, 5.74) is 3.57. The molecule has 0 amide bonds. The maximum Gasteiger partial charge on any atom is 0.208 e. The highest BCUT2D eigenvalue weighted by atomic mass is 35.5. The van der Waals surface area contributed by atoms with Gasteiger partial charge in [0.25, 0.3) is 0 Å². The maximum atomic E-state index is 12.9. The van der Waals surface area contributed by atoms with Crippen LogP contribution in [0.2, 0.25) is 5.15 Å². The van der Waals surface area contributed by atoms with Crippen LogP contribution in [0.4, 0.5) is 5.13 Å². The number of thiazole rings is 1. The van der Waals surface area contributed by atoms with Crippen LogP contribution >= 0.6 is 22.9 Å². The molecule has 0 aliphatic rings. The minimum absolute atomic E-state index is 0.157. The lowest BCUT2D eigenvalue weighted by atomic mass is 10.1. The first-order chi connectivity index (χ1) is 12.6. The number of aromatic nitrogens is 3. The number of ketones is 1. The molecule has 5 nitrogen and oxygen atoms in total. The average molecular weight is 383 g/mol. The number of H-pyrrole nitrogens is 1. The molecule has 0 aliphatic carbocycles. The van der Waals surface area contributed by atoms with Crippen LogP contribution in [0.5, 0.6) is 0 Å². The van der Waals surface area contributed by atoms with Crippen molar-refractivity contribution in [2.45, 2.75) is 13.5 Å². The number of aryl methyl sites for hydroxylation is 1. The van der Waals surface area contributed by atoms with Gasteiger partial charge in [-0.2, -0.15) is 0 Å². The first-order valence-electron chi connectivity index (χ1n) is 8.04. The van der Waals surface area contributed by atoms with Gasteiger partial charge in [-0.15, -0.1) is 0 Å². The van der Waals surface area contributed by atoms with E-state index in [1.165, 1.54) is 16.9 Å². The summed E-state index contributed by atoms with van der Waals surface area (Å²) in [5.74, 6) is -0.157. The first-order valence-corrected chi connectivity index (χ1v) is 9.24. The Labute approximate surface area is 159 Å². The second-order valence-corrected chi connectivity index (χ2v) is 7.27. The van der Waals surface area contributed by atoms with Crippen molar-refractivity contribution in [1.82, 2.24) is 15.0 Å². The average Bonchev–Trinajstić information content (AvgIpc) is 3.24. The maximum absolute atomic E-state index is 12.9. The van der Waals surface area contributed by atoms with Crippen molar-refractivity contribution in [3.8, 4) is 0 Å². The third kappa shape index (κ3) is 3.21. The summed E-state index contributed by atoms with van der Waals surface area (Å²) in [6.45, 7) is 2.67. The normalized spacial score (nSPS) is 11.0. The van der Waals surface area contributed by atoms with Crippen LogP contribution in [-0.4, -0.2) is 20.7 Å². The van der Waals surface area contributed by atoms with E-state index in [-0.39, 0.29) is 10.9 Å². The fourth-order valence-electron chi connectivity index (χ4n) is 2.67.